The van der Waals surface area contributed by atoms with Gasteiger partial charge in [0, 0.05) is 19.6 Å². The van der Waals surface area contributed by atoms with E-state index in [9.17, 15) is 4.79 Å². The minimum atomic E-state index is 0.0792. The van der Waals surface area contributed by atoms with Crippen molar-refractivity contribution < 1.29 is 9.90 Å². The fraction of sp³-hybridized carbons (Fsp3) is 0.957. The SMILES string of the molecule is CCCCCCCCCCCCCCCCCCCNC(=O)CCCO. The highest BCUT2D eigenvalue weighted by Gasteiger charge is 1.99. The topological polar surface area (TPSA) is 49.3 Å². The molecule has 3 nitrogen and oxygen atoms in total. The minimum Gasteiger partial charge on any atom is -0.396 e. The van der Waals surface area contributed by atoms with Gasteiger partial charge in [-0.25, -0.2) is 0 Å². The van der Waals surface area contributed by atoms with Crippen molar-refractivity contribution in [3.05, 3.63) is 0 Å². The van der Waals surface area contributed by atoms with E-state index in [1.54, 1.807) is 0 Å². The van der Waals surface area contributed by atoms with Crippen molar-refractivity contribution in [3.8, 4) is 0 Å². The third-order valence-electron chi connectivity index (χ3n) is 5.16. The van der Waals surface area contributed by atoms with Gasteiger partial charge in [0.15, 0.2) is 0 Å². The van der Waals surface area contributed by atoms with Crippen LogP contribution in [0, 0.1) is 0 Å². The van der Waals surface area contributed by atoms with Crippen LogP contribution in [0.4, 0.5) is 0 Å². The number of carbonyl (C=O) groups excluding carboxylic acids is 1. The molecule has 0 aromatic rings. The Morgan fingerprint density at radius 3 is 1.38 bits per heavy atom. The van der Waals surface area contributed by atoms with Crippen LogP contribution in [-0.2, 0) is 4.79 Å². The highest BCUT2D eigenvalue weighted by molar-refractivity contribution is 5.75. The van der Waals surface area contributed by atoms with Crippen molar-refractivity contribution in [2.24, 2.45) is 0 Å². The number of aliphatic hydroxyl groups excluding tert-OH is 1. The number of carbonyl (C=O) groups is 1. The summed E-state index contributed by atoms with van der Waals surface area (Å²) in [6, 6.07) is 0. The Balaban J connectivity index is 3.04. The first-order valence-electron chi connectivity index (χ1n) is 11.7. The van der Waals surface area contributed by atoms with Crippen LogP contribution in [0.1, 0.15) is 129 Å². The summed E-state index contributed by atoms with van der Waals surface area (Å²) in [6.07, 6.45) is 24.5. The van der Waals surface area contributed by atoms with Crippen molar-refractivity contribution in [1.82, 2.24) is 5.32 Å². The zero-order valence-electron chi connectivity index (χ0n) is 17.7. The van der Waals surface area contributed by atoms with Gasteiger partial charge in [0.05, 0.1) is 0 Å². The van der Waals surface area contributed by atoms with Crippen molar-refractivity contribution in [2.75, 3.05) is 13.2 Å². The molecule has 0 saturated carbocycles. The van der Waals surface area contributed by atoms with E-state index in [4.69, 9.17) is 5.11 Å². The molecule has 0 saturated heterocycles. The Morgan fingerprint density at radius 1 is 0.615 bits per heavy atom. The monoisotopic (exact) mass is 369 g/mol. The molecule has 0 aromatic heterocycles. The molecule has 3 heteroatoms. The maximum absolute atomic E-state index is 11.4. The Labute approximate surface area is 163 Å². The predicted octanol–water partition coefficient (Wildman–Crippen LogP) is 6.53. The first-order chi connectivity index (χ1) is 12.8. The van der Waals surface area contributed by atoms with Gasteiger partial charge < -0.3 is 10.4 Å². The van der Waals surface area contributed by atoms with Gasteiger partial charge in [-0.15, -0.1) is 0 Å². The number of aliphatic hydroxyl groups is 1. The molecule has 0 aliphatic heterocycles. The van der Waals surface area contributed by atoms with E-state index in [1.165, 1.54) is 103 Å². The largest absolute Gasteiger partial charge is 0.396 e. The van der Waals surface area contributed by atoms with Crippen molar-refractivity contribution >= 4 is 5.91 Å². The van der Waals surface area contributed by atoms with Crippen LogP contribution in [-0.4, -0.2) is 24.2 Å². The molecule has 0 atom stereocenters. The molecule has 2 N–H and O–H groups in total. The second-order valence-corrected chi connectivity index (χ2v) is 7.83. The summed E-state index contributed by atoms with van der Waals surface area (Å²) in [5.41, 5.74) is 0. The third kappa shape index (κ3) is 21.5. The summed E-state index contributed by atoms with van der Waals surface area (Å²) in [6.45, 7) is 3.18. The molecule has 1 amide bonds. The standard InChI is InChI=1S/C23H47NO2/c1-2-3-4-5-6-7-8-9-10-11-12-13-14-15-16-17-18-21-24-23(26)20-19-22-25/h25H,2-22H2,1H3,(H,24,26). The Bertz CT molecular complexity index is 281. The lowest BCUT2D eigenvalue weighted by Gasteiger charge is -2.05. The summed E-state index contributed by atoms with van der Waals surface area (Å²) in [5, 5.41) is 11.6. The summed E-state index contributed by atoms with van der Waals surface area (Å²) in [7, 11) is 0. The third-order valence-corrected chi connectivity index (χ3v) is 5.16. The van der Waals surface area contributed by atoms with E-state index in [1.807, 2.05) is 0 Å². The van der Waals surface area contributed by atoms with Gasteiger partial charge in [-0.2, -0.15) is 0 Å². The number of hydrogen-bond acceptors (Lipinski definition) is 2. The maximum Gasteiger partial charge on any atom is 0.220 e. The normalized spacial score (nSPS) is 11.0. The number of unbranched alkanes of at least 4 members (excludes halogenated alkanes) is 16. The number of rotatable bonds is 21. The summed E-state index contributed by atoms with van der Waals surface area (Å²) >= 11 is 0. The first-order valence-corrected chi connectivity index (χ1v) is 11.7. The van der Waals surface area contributed by atoms with Crippen LogP contribution < -0.4 is 5.32 Å². The molecular weight excluding hydrogens is 322 g/mol. The van der Waals surface area contributed by atoms with Crippen LogP contribution in [0.15, 0.2) is 0 Å². The highest BCUT2D eigenvalue weighted by Crippen LogP contribution is 2.13. The van der Waals surface area contributed by atoms with Crippen molar-refractivity contribution in [3.63, 3.8) is 0 Å². The van der Waals surface area contributed by atoms with E-state index in [-0.39, 0.29) is 12.5 Å². The molecule has 0 rings (SSSR count). The highest BCUT2D eigenvalue weighted by atomic mass is 16.3. The van der Waals surface area contributed by atoms with E-state index < -0.39 is 0 Å². The smallest absolute Gasteiger partial charge is 0.220 e. The lowest BCUT2D eigenvalue weighted by molar-refractivity contribution is -0.121. The molecule has 0 fully saturated rings. The van der Waals surface area contributed by atoms with Gasteiger partial charge in [-0.3, -0.25) is 4.79 Å². The van der Waals surface area contributed by atoms with E-state index in [0.717, 1.165) is 13.0 Å². The zero-order chi connectivity index (χ0) is 19.1. The van der Waals surface area contributed by atoms with Crippen molar-refractivity contribution in [1.29, 1.82) is 0 Å². The lowest BCUT2D eigenvalue weighted by atomic mass is 10.0. The van der Waals surface area contributed by atoms with Gasteiger partial charge in [0.1, 0.15) is 0 Å². The molecular formula is C23H47NO2. The van der Waals surface area contributed by atoms with E-state index in [2.05, 4.69) is 12.2 Å². The van der Waals surface area contributed by atoms with Crippen LogP contribution in [0.3, 0.4) is 0 Å². The Hall–Kier alpha value is -0.570. The fourth-order valence-corrected chi connectivity index (χ4v) is 3.41. The van der Waals surface area contributed by atoms with Crippen LogP contribution in [0.2, 0.25) is 0 Å². The van der Waals surface area contributed by atoms with Gasteiger partial charge in [-0.1, -0.05) is 110 Å². The molecule has 0 unspecified atom stereocenters. The number of hydrogen-bond donors (Lipinski definition) is 2. The Morgan fingerprint density at radius 2 is 1.00 bits per heavy atom. The number of amides is 1. The molecule has 0 aliphatic carbocycles. The van der Waals surface area contributed by atoms with E-state index >= 15 is 0 Å². The molecule has 0 heterocycles. The fourth-order valence-electron chi connectivity index (χ4n) is 3.41. The van der Waals surface area contributed by atoms with Gasteiger partial charge >= 0.3 is 0 Å². The average molecular weight is 370 g/mol. The van der Waals surface area contributed by atoms with Gasteiger partial charge in [-0.05, 0) is 12.8 Å². The minimum absolute atomic E-state index is 0.0792. The number of nitrogens with one attached hydrogen (secondary N) is 1. The molecule has 0 bridgehead atoms. The summed E-state index contributed by atoms with van der Waals surface area (Å²) < 4.78 is 0. The second kappa shape index (κ2) is 22.5. The molecule has 0 aliphatic rings. The van der Waals surface area contributed by atoms with Crippen LogP contribution in [0.5, 0.6) is 0 Å². The van der Waals surface area contributed by atoms with Crippen molar-refractivity contribution in [2.45, 2.75) is 129 Å². The average Bonchev–Trinajstić information content (AvgIpc) is 2.65. The second-order valence-electron chi connectivity index (χ2n) is 7.83. The zero-order valence-corrected chi connectivity index (χ0v) is 17.7. The quantitative estimate of drug-likeness (QED) is 0.226. The van der Waals surface area contributed by atoms with Crippen LogP contribution in [0.25, 0.3) is 0 Å². The summed E-state index contributed by atoms with van der Waals surface area (Å²) in [4.78, 5) is 11.4. The molecule has 26 heavy (non-hydrogen) atoms. The first kappa shape index (κ1) is 25.4. The summed E-state index contributed by atoms with van der Waals surface area (Å²) in [5.74, 6) is 0.0792. The Kier molecular flexibility index (Phi) is 22.0. The lowest BCUT2D eigenvalue weighted by Crippen LogP contribution is -2.24. The molecule has 156 valence electrons. The molecule has 0 aromatic carbocycles. The maximum atomic E-state index is 11.4. The predicted molar refractivity (Wildman–Crippen MR) is 113 cm³/mol. The molecule has 0 radical (unpaired) electrons. The van der Waals surface area contributed by atoms with Gasteiger partial charge in [0.25, 0.3) is 0 Å². The molecule has 0 spiro atoms. The van der Waals surface area contributed by atoms with Gasteiger partial charge in [0.2, 0.25) is 5.91 Å². The van der Waals surface area contributed by atoms with E-state index in [0.29, 0.717) is 12.8 Å². The van der Waals surface area contributed by atoms with Crippen LogP contribution >= 0.6 is 0 Å².